The standard InChI is InChI=1S/C8H17N.4H3O2PS2.3W/c1-3-5-6-8-9-7-4-2;4*1-3(2,4)5;;;/h4,9H,2-3,5-8H2,1H3;4*(H3,1,2,4,5);;;/q;;;;;3*+4/p-12. The summed E-state index contributed by atoms with van der Waals surface area (Å²) in [7, 11) is 0. The Morgan fingerprint density at radius 3 is 1.06 bits per heavy atom. The van der Waals surface area contributed by atoms with Crippen LogP contribution >= 0.6 is 22.8 Å². The minimum Gasteiger partial charge on any atom is -0.850 e. The Labute approximate surface area is 274 Å². The third-order valence-electron chi connectivity index (χ3n) is 1.25. The molecule has 9 nitrogen and oxygen atoms in total. The van der Waals surface area contributed by atoms with Crippen molar-refractivity contribution in [3.63, 3.8) is 0 Å². The number of nitrogens with one attached hydrogen (secondary N) is 1. The van der Waals surface area contributed by atoms with Crippen LogP contribution in [0.5, 0.6) is 0 Å². The minimum atomic E-state index is -3.72. The van der Waals surface area contributed by atoms with E-state index in [1.54, 1.807) is 0 Å². The van der Waals surface area contributed by atoms with Gasteiger partial charge < -0.3 is 116 Å². The number of rotatable bonds is 6. The first-order valence-corrected chi connectivity index (χ1v) is 21.3. The van der Waals surface area contributed by atoms with Crippen LogP contribution in [0.25, 0.3) is 0 Å². The summed E-state index contributed by atoms with van der Waals surface area (Å²) < 4.78 is 0. The summed E-state index contributed by atoms with van der Waals surface area (Å²) in [6, 6.07) is 0. The molecular weight excluding hydrogens is 1170 g/mol. The molecule has 1 N–H and O–H groups in total. The van der Waals surface area contributed by atoms with Gasteiger partial charge in [-0.15, -0.1) is 6.58 Å². The molecule has 0 aromatic heterocycles. The molecule has 0 radical (unpaired) electrons. The van der Waals surface area contributed by atoms with Crippen molar-refractivity contribution in [2.75, 3.05) is 13.1 Å². The predicted octanol–water partition coefficient (Wildman–Crippen LogP) is -4.14. The molecule has 0 aromatic rings. The second kappa shape index (κ2) is 34.5. The smallest absolute Gasteiger partial charge is 0.850 e. The van der Waals surface area contributed by atoms with E-state index >= 15 is 0 Å². The van der Waals surface area contributed by atoms with E-state index in [1.165, 1.54) is 19.3 Å². The van der Waals surface area contributed by atoms with Crippen molar-refractivity contribution in [2.24, 2.45) is 0 Å². The third-order valence-corrected chi connectivity index (χ3v) is 1.25. The molecule has 0 unspecified atom stereocenters. The monoisotopic (exact) mass is 1190 g/mol. The van der Waals surface area contributed by atoms with Crippen molar-refractivity contribution in [3.8, 4) is 0 Å². The summed E-state index contributed by atoms with van der Waals surface area (Å²) in [5.41, 5.74) is -14.9. The van der Waals surface area contributed by atoms with Gasteiger partial charge in [-0.05, 0) is 13.0 Å². The summed E-state index contributed by atoms with van der Waals surface area (Å²) in [4.78, 5) is 74.3. The minimum absolute atomic E-state index is 0. The van der Waals surface area contributed by atoms with Gasteiger partial charge in [-0.3, -0.25) is 0 Å². The van der Waals surface area contributed by atoms with E-state index in [4.69, 9.17) is 0 Å². The van der Waals surface area contributed by atoms with Crippen LogP contribution in [0.4, 0.5) is 0 Å². The van der Waals surface area contributed by atoms with Crippen LogP contribution < -0.4 is 44.5 Å². The largest absolute Gasteiger partial charge is 4.00 e. The SMILES string of the molecule is C=CCNCCCCC.[O-]P([O-])(=S)[S-].[O-]P([O-])(=S)[S-].[O-]P([O-])(=S)[S-].[O-]P([O-])(=S)[S-].[W+4].[W+4].[W+4]. The maximum atomic E-state index is 9.29. The van der Waals surface area contributed by atoms with Crippen LogP contribution in [0.3, 0.4) is 0 Å². The quantitative estimate of drug-likeness (QED) is 0.117. The molecule has 0 saturated carbocycles. The first-order chi connectivity index (χ1) is 12.4. The van der Waals surface area contributed by atoms with Crippen LogP contribution in [-0.4, -0.2) is 13.1 Å². The molecule has 0 amide bonds. The van der Waals surface area contributed by atoms with Crippen molar-refractivity contribution < 1.29 is 102 Å². The molecule has 0 spiro atoms. The van der Waals surface area contributed by atoms with Gasteiger partial charge in [0.1, 0.15) is 0 Å². The molecule has 0 aliphatic carbocycles. The van der Waals surface area contributed by atoms with Gasteiger partial charge in [-0.1, -0.05) is 25.8 Å². The van der Waals surface area contributed by atoms with Gasteiger partial charge in [-0.25, -0.2) is 0 Å². The average molecular weight is 1190 g/mol. The molecule has 0 fully saturated rings. The van der Waals surface area contributed by atoms with Gasteiger partial charge in [0.2, 0.25) is 0 Å². The van der Waals surface area contributed by atoms with Crippen LogP contribution in [0.15, 0.2) is 12.7 Å². The normalized spacial score (nSPS) is 10.0. The zero-order chi connectivity index (χ0) is 24.9. The fraction of sp³-hybridized carbons (Fsp3) is 0.750. The van der Waals surface area contributed by atoms with Gasteiger partial charge in [0.05, 0.1) is 0 Å². The maximum Gasteiger partial charge on any atom is 4.00 e. The first kappa shape index (κ1) is 57.4. The second-order valence-electron chi connectivity index (χ2n) is 3.99. The molecule has 0 aromatic carbocycles. The summed E-state index contributed by atoms with van der Waals surface area (Å²) in [6.45, 7) is 7.92. The number of hydrogen-bond donors (Lipinski definition) is 1. The Bertz CT molecular complexity index is 462. The number of unbranched alkanes of at least 4 members (excludes halogenated alkanes) is 2. The van der Waals surface area contributed by atoms with E-state index in [1.807, 2.05) is 6.08 Å². The van der Waals surface area contributed by atoms with Crippen molar-refractivity contribution in [2.45, 2.75) is 26.2 Å². The maximum absolute atomic E-state index is 9.29. The molecular formula is C8H17NO8P4S8W3. The predicted molar refractivity (Wildman–Crippen MR) is 129 cm³/mol. The average Bonchev–Trinajstić information content (AvgIpc) is 2.30. The molecule has 0 saturated heterocycles. The van der Waals surface area contributed by atoms with Crippen LogP contribution in [0.1, 0.15) is 26.2 Å². The van der Waals surface area contributed by atoms with E-state index in [9.17, 15) is 39.1 Å². The molecule has 0 aliphatic heterocycles. The summed E-state index contributed by atoms with van der Waals surface area (Å²) in [5, 5.41) is 3.25. The van der Waals surface area contributed by atoms with Crippen molar-refractivity contribution in [3.05, 3.63) is 12.7 Å². The van der Waals surface area contributed by atoms with Gasteiger partial charge in [0.25, 0.3) is 0 Å². The number of hydrogen-bond acceptors (Lipinski definition) is 17. The molecule has 188 valence electrons. The molecule has 24 heteroatoms. The fourth-order valence-electron chi connectivity index (χ4n) is 0.704. The molecule has 0 atom stereocenters. The summed E-state index contributed by atoms with van der Waals surface area (Å²) in [5.74, 6) is 0. The van der Waals surface area contributed by atoms with Crippen molar-refractivity contribution >= 4 is 119 Å². The first-order valence-electron chi connectivity index (χ1n) is 6.65. The molecule has 32 heavy (non-hydrogen) atoms. The van der Waals surface area contributed by atoms with Crippen LogP contribution in [0.2, 0.25) is 0 Å². The van der Waals surface area contributed by atoms with Crippen LogP contribution in [0, 0.1) is 0 Å². The Balaban J connectivity index is -0.0000000376. The van der Waals surface area contributed by atoms with Crippen molar-refractivity contribution in [1.82, 2.24) is 5.32 Å². The van der Waals surface area contributed by atoms with E-state index in [-0.39, 0.29) is 63.2 Å². The molecule has 0 rings (SSSR count). The van der Waals surface area contributed by atoms with Gasteiger partial charge in [0.15, 0.2) is 0 Å². The topological polar surface area (TPSA) is 197 Å². The van der Waals surface area contributed by atoms with Gasteiger partial charge in [-0.2, -0.15) is 47.2 Å². The van der Waals surface area contributed by atoms with E-state index in [2.05, 4.69) is 115 Å². The Morgan fingerprint density at radius 1 is 0.688 bits per heavy atom. The molecule has 0 aliphatic rings. The van der Waals surface area contributed by atoms with E-state index in [0.29, 0.717) is 0 Å². The Hall–Kier alpha value is 5.44. The Kier molecular flexibility index (Phi) is 61.8. The van der Waals surface area contributed by atoms with E-state index in [0.717, 1.165) is 13.1 Å². The van der Waals surface area contributed by atoms with Crippen LogP contribution in [-0.2, 0) is 159 Å². The summed E-state index contributed by atoms with van der Waals surface area (Å²) >= 11 is 29.1. The van der Waals surface area contributed by atoms with Gasteiger partial charge >= 0.3 is 63.2 Å². The van der Waals surface area contributed by atoms with Gasteiger partial charge in [0, 0.05) is 6.54 Å². The zero-order valence-electron chi connectivity index (χ0n) is 15.9. The fourth-order valence-corrected chi connectivity index (χ4v) is 0.704. The summed E-state index contributed by atoms with van der Waals surface area (Å²) in [6.07, 6.45) is 5.83. The third kappa shape index (κ3) is 321. The van der Waals surface area contributed by atoms with E-state index < -0.39 is 22.8 Å². The zero-order valence-corrected chi connectivity index (χ0v) is 34.8. The Morgan fingerprint density at radius 2 is 0.906 bits per heavy atom. The van der Waals surface area contributed by atoms with Crippen molar-refractivity contribution in [1.29, 1.82) is 0 Å². The molecule has 0 heterocycles. The second-order valence-corrected chi connectivity index (χ2v) is 21.9. The molecule has 0 bridgehead atoms.